The zero-order valence-electron chi connectivity index (χ0n) is 20.1. The van der Waals surface area contributed by atoms with Crippen LogP contribution in [-0.2, 0) is 0 Å². The Kier molecular flexibility index (Phi) is 7.19. The number of pyridine rings is 1. The van der Waals surface area contributed by atoms with E-state index >= 15 is 0 Å². The molecule has 0 amide bonds. The van der Waals surface area contributed by atoms with Gasteiger partial charge < -0.3 is 10.6 Å². The van der Waals surface area contributed by atoms with Crippen molar-refractivity contribution >= 4 is 23.5 Å². The second-order valence-electron chi connectivity index (χ2n) is 10.1. The minimum absolute atomic E-state index is 0.0592. The second kappa shape index (κ2) is 9.86. The summed E-state index contributed by atoms with van der Waals surface area (Å²) in [7, 11) is 0. The highest BCUT2D eigenvalue weighted by Crippen LogP contribution is 2.21. The topological polar surface area (TPSA) is 37.0 Å². The molecular weight excluding hydrogens is 390 g/mol. The van der Waals surface area contributed by atoms with Crippen molar-refractivity contribution in [1.82, 2.24) is 15.6 Å². The van der Waals surface area contributed by atoms with E-state index in [1.165, 1.54) is 0 Å². The predicted octanol–water partition coefficient (Wildman–Crippen LogP) is 6.85. The van der Waals surface area contributed by atoms with E-state index in [1.807, 2.05) is 24.3 Å². The molecule has 0 atom stereocenters. The number of nitrogens with zero attached hydrogens (tertiary/aromatic N) is 1. The van der Waals surface area contributed by atoms with Crippen LogP contribution in [0.15, 0.2) is 78.9 Å². The van der Waals surface area contributed by atoms with Crippen molar-refractivity contribution in [3.8, 4) is 0 Å². The normalized spacial score (nSPS) is 13.1. The molecule has 1 aromatic heterocycles. The van der Waals surface area contributed by atoms with Gasteiger partial charge in [-0.05, 0) is 77.0 Å². The molecule has 2 N–H and O–H groups in total. The van der Waals surface area contributed by atoms with Crippen molar-refractivity contribution in [3.05, 3.63) is 101 Å². The molecule has 0 aliphatic carbocycles. The number of benzene rings is 2. The lowest BCUT2D eigenvalue weighted by molar-refractivity contribution is 0.502. The Morgan fingerprint density at radius 2 is 0.938 bits per heavy atom. The first kappa shape index (κ1) is 23.3. The lowest BCUT2D eigenvalue weighted by Crippen LogP contribution is -2.34. The third kappa shape index (κ3) is 7.42. The van der Waals surface area contributed by atoms with Crippen molar-refractivity contribution in [2.75, 3.05) is 0 Å². The summed E-state index contributed by atoms with van der Waals surface area (Å²) >= 11 is 0. The lowest BCUT2D eigenvalue weighted by Gasteiger charge is -2.25. The lowest BCUT2D eigenvalue weighted by atomic mass is 10.0. The molecule has 3 rings (SSSR count). The molecule has 0 saturated heterocycles. The quantitative estimate of drug-likeness (QED) is 0.453. The van der Waals surface area contributed by atoms with Gasteiger partial charge in [0.25, 0.3) is 0 Å². The Hall–Kier alpha value is -3.33. The third-order valence-electron chi connectivity index (χ3n) is 4.57. The van der Waals surface area contributed by atoms with Crippen LogP contribution in [0.1, 0.15) is 64.1 Å². The molecule has 0 radical (unpaired) electrons. The first-order valence-electron chi connectivity index (χ1n) is 11.2. The molecule has 2 aromatic carbocycles. The smallest absolute Gasteiger partial charge is 0.0657 e. The van der Waals surface area contributed by atoms with Crippen LogP contribution in [0, 0.1) is 0 Å². The fraction of sp³-hybridized carbons (Fsp3) is 0.276. The molecule has 32 heavy (non-hydrogen) atoms. The van der Waals surface area contributed by atoms with Gasteiger partial charge in [0.05, 0.1) is 11.4 Å². The standard InChI is InChI=1S/C29H35N3/c1-28(2,3)31-26(22-14-9-7-10-15-22)20-24-18-13-19-25(30-24)21-27(32-29(4,5)6)23-16-11-8-12-17-23/h7-21,31-32H,1-6H3/b26-20-,27-21+. The van der Waals surface area contributed by atoms with Gasteiger partial charge >= 0.3 is 0 Å². The van der Waals surface area contributed by atoms with Crippen molar-refractivity contribution < 1.29 is 0 Å². The highest BCUT2D eigenvalue weighted by Gasteiger charge is 2.14. The van der Waals surface area contributed by atoms with Gasteiger partial charge in [-0.1, -0.05) is 66.7 Å². The molecule has 0 aliphatic heterocycles. The van der Waals surface area contributed by atoms with Gasteiger partial charge in [0.15, 0.2) is 0 Å². The molecule has 3 nitrogen and oxygen atoms in total. The van der Waals surface area contributed by atoms with Crippen LogP contribution in [0.3, 0.4) is 0 Å². The fourth-order valence-electron chi connectivity index (χ4n) is 3.35. The van der Waals surface area contributed by atoms with E-state index in [1.54, 1.807) is 0 Å². The number of rotatable bonds is 6. The largest absolute Gasteiger partial charge is 0.380 e. The first-order valence-corrected chi connectivity index (χ1v) is 11.2. The maximum Gasteiger partial charge on any atom is 0.0657 e. The summed E-state index contributed by atoms with van der Waals surface area (Å²) in [6.45, 7) is 13.0. The van der Waals surface area contributed by atoms with Gasteiger partial charge in [0, 0.05) is 22.5 Å². The Labute approximate surface area is 193 Å². The van der Waals surface area contributed by atoms with Gasteiger partial charge in [0.2, 0.25) is 0 Å². The van der Waals surface area contributed by atoms with E-state index in [-0.39, 0.29) is 11.1 Å². The summed E-state index contributed by atoms with van der Waals surface area (Å²) in [6.07, 6.45) is 4.24. The molecule has 1 heterocycles. The zero-order valence-corrected chi connectivity index (χ0v) is 20.1. The Morgan fingerprint density at radius 1 is 0.562 bits per heavy atom. The molecule has 3 aromatic rings. The summed E-state index contributed by atoms with van der Waals surface area (Å²) in [6, 6.07) is 26.9. The maximum absolute atomic E-state index is 4.93. The summed E-state index contributed by atoms with van der Waals surface area (Å²) in [4.78, 5) is 4.93. The monoisotopic (exact) mass is 425 g/mol. The number of hydrogen-bond acceptors (Lipinski definition) is 3. The average Bonchev–Trinajstić information content (AvgIpc) is 2.72. The highest BCUT2D eigenvalue weighted by atomic mass is 15.0. The first-order chi connectivity index (χ1) is 15.1. The van der Waals surface area contributed by atoms with Crippen molar-refractivity contribution in [2.45, 2.75) is 52.6 Å². The molecule has 0 spiro atoms. The average molecular weight is 426 g/mol. The number of hydrogen-bond donors (Lipinski definition) is 2. The number of aromatic nitrogens is 1. The summed E-state index contributed by atoms with van der Waals surface area (Å²) in [5.41, 5.74) is 6.11. The van der Waals surface area contributed by atoms with Crippen LogP contribution >= 0.6 is 0 Å². The molecule has 0 fully saturated rings. The van der Waals surface area contributed by atoms with Crippen LogP contribution in [0.4, 0.5) is 0 Å². The van der Waals surface area contributed by atoms with Crippen LogP contribution in [0.5, 0.6) is 0 Å². The molecule has 0 saturated carbocycles. The van der Waals surface area contributed by atoms with Crippen LogP contribution in [0.25, 0.3) is 23.5 Å². The summed E-state index contributed by atoms with van der Waals surface area (Å²) < 4.78 is 0. The van der Waals surface area contributed by atoms with Gasteiger partial charge in [-0.25, -0.2) is 4.98 Å². The minimum atomic E-state index is -0.0592. The Balaban J connectivity index is 2.01. The third-order valence-corrected chi connectivity index (χ3v) is 4.57. The van der Waals surface area contributed by atoms with Crippen molar-refractivity contribution in [1.29, 1.82) is 0 Å². The Bertz CT molecular complexity index is 982. The summed E-state index contributed by atoms with van der Waals surface area (Å²) in [5.74, 6) is 0. The summed E-state index contributed by atoms with van der Waals surface area (Å²) in [5, 5.41) is 7.26. The number of nitrogens with one attached hydrogen (secondary N) is 2. The van der Waals surface area contributed by atoms with Gasteiger partial charge in [-0.3, -0.25) is 0 Å². The second-order valence-corrected chi connectivity index (χ2v) is 10.1. The van der Waals surface area contributed by atoms with E-state index in [0.717, 1.165) is 33.9 Å². The van der Waals surface area contributed by atoms with E-state index < -0.39 is 0 Å². The van der Waals surface area contributed by atoms with Crippen molar-refractivity contribution in [2.24, 2.45) is 0 Å². The minimum Gasteiger partial charge on any atom is -0.380 e. The molecule has 3 heteroatoms. The van der Waals surface area contributed by atoms with E-state index in [9.17, 15) is 0 Å². The zero-order chi connectivity index (χ0) is 23.2. The Morgan fingerprint density at radius 3 is 1.28 bits per heavy atom. The molecule has 0 aliphatic rings. The van der Waals surface area contributed by atoms with E-state index in [4.69, 9.17) is 4.98 Å². The van der Waals surface area contributed by atoms with Crippen LogP contribution in [0.2, 0.25) is 0 Å². The van der Waals surface area contributed by atoms with Crippen LogP contribution < -0.4 is 10.6 Å². The van der Waals surface area contributed by atoms with E-state index in [0.29, 0.717) is 0 Å². The van der Waals surface area contributed by atoms with Crippen LogP contribution in [-0.4, -0.2) is 16.1 Å². The molecule has 166 valence electrons. The predicted molar refractivity (Wildman–Crippen MR) is 139 cm³/mol. The molecule has 0 unspecified atom stereocenters. The fourth-order valence-corrected chi connectivity index (χ4v) is 3.35. The van der Waals surface area contributed by atoms with Gasteiger partial charge in [0.1, 0.15) is 0 Å². The SMILES string of the molecule is CC(C)(C)N/C(=C\c1cccc(/C=C(/NC(C)(C)C)c2ccccc2)n1)c1ccccc1. The van der Waals surface area contributed by atoms with Gasteiger partial charge in [-0.15, -0.1) is 0 Å². The molecule has 0 bridgehead atoms. The van der Waals surface area contributed by atoms with Gasteiger partial charge in [-0.2, -0.15) is 0 Å². The van der Waals surface area contributed by atoms with Crippen molar-refractivity contribution in [3.63, 3.8) is 0 Å². The maximum atomic E-state index is 4.93. The molecular formula is C29H35N3. The highest BCUT2D eigenvalue weighted by molar-refractivity contribution is 5.82. The van der Waals surface area contributed by atoms with E-state index in [2.05, 4.69) is 119 Å².